The van der Waals surface area contributed by atoms with E-state index in [-0.39, 0.29) is 5.91 Å². The van der Waals surface area contributed by atoms with Crippen LogP contribution < -0.4 is 16.8 Å². The fourth-order valence-electron chi connectivity index (χ4n) is 1.60. The van der Waals surface area contributed by atoms with Crippen LogP contribution in [0.3, 0.4) is 0 Å². The van der Waals surface area contributed by atoms with Crippen LogP contribution in [0.25, 0.3) is 0 Å². The van der Waals surface area contributed by atoms with E-state index in [1.807, 2.05) is 13.0 Å². The Balaban J connectivity index is 2.55. The van der Waals surface area contributed by atoms with Gasteiger partial charge in [0.25, 0.3) is 0 Å². The predicted molar refractivity (Wildman–Crippen MR) is 69.7 cm³/mol. The Kier molecular flexibility index (Phi) is 5.32. The molecular formula is C13H19N3O2. The van der Waals surface area contributed by atoms with Crippen molar-refractivity contribution < 1.29 is 9.59 Å². The van der Waals surface area contributed by atoms with Crippen LogP contribution in [0.5, 0.6) is 0 Å². The van der Waals surface area contributed by atoms with Crippen molar-refractivity contribution in [2.24, 2.45) is 11.5 Å². The molecule has 1 aromatic rings. The Morgan fingerprint density at radius 3 is 2.72 bits per heavy atom. The fraction of sp³-hybridized carbons (Fsp3) is 0.385. The molecule has 5 nitrogen and oxygen atoms in total. The summed E-state index contributed by atoms with van der Waals surface area (Å²) >= 11 is 0. The molecule has 5 N–H and O–H groups in total. The summed E-state index contributed by atoms with van der Waals surface area (Å²) in [6, 6.07) is 6.37. The summed E-state index contributed by atoms with van der Waals surface area (Å²) in [5.74, 6) is -0.660. The summed E-state index contributed by atoms with van der Waals surface area (Å²) in [6.45, 7) is 2.32. The second kappa shape index (κ2) is 6.76. The number of primary amides is 1. The minimum absolute atomic E-state index is 0.179. The Labute approximate surface area is 107 Å². The van der Waals surface area contributed by atoms with Gasteiger partial charge in [-0.25, -0.2) is 0 Å². The number of rotatable bonds is 6. The zero-order valence-electron chi connectivity index (χ0n) is 10.5. The molecule has 18 heavy (non-hydrogen) atoms. The predicted octanol–water partition coefficient (Wildman–Crippen LogP) is 0.529. The van der Waals surface area contributed by atoms with Gasteiger partial charge in [-0.3, -0.25) is 9.59 Å². The monoisotopic (exact) mass is 249 g/mol. The topological polar surface area (TPSA) is 98.2 Å². The molecule has 0 heterocycles. The van der Waals surface area contributed by atoms with Crippen molar-refractivity contribution in [3.8, 4) is 0 Å². The molecule has 0 aliphatic heterocycles. The smallest absolute Gasteiger partial charge is 0.248 e. The first kappa shape index (κ1) is 14.2. The van der Waals surface area contributed by atoms with Crippen molar-refractivity contribution in [1.29, 1.82) is 0 Å². The molecule has 1 rings (SSSR count). The Morgan fingerprint density at radius 2 is 2.11 bits per heavy atom. The van der Waals surface area contributed by atoms with Crippen LogP contribution >= 0.6 is 0 Å². The molecule has 98 valence electrons. The highest BCUT2D eigenvalue weighted by molar-refractivity contribution is 5.92. The molecule has 0 saturated carbocycles. The van der Waals surface area contributed by atoms with E-state index in [2.05, 4.69) is 5.32 Å². The number of nitrogens with two attached hydrogens (primary N) is 2. The largest absolute Gasteiger partial charge is 0.366 e. The molecule has 0 saturated heterocycles. The van der Waals surface area contributed by atoms with Gasteiger partial charge in [0.05, 0.1) is 6.04 Å². The molecule has 0 aromatic heterocycles. The molecule has 0 spiro atoms. The van der Waals surface area contributed by atoms with E-state index in [4.69, 9.17) is 11.5 Å². The van der Waals surface area contributed by atoms with Crippen molar-refractivity contribution >= 4 is 11.8 Å². The van der Waals surface area contributed by atoms with Gasteiger partial charge in [0, 0.05) is 12.1 Å². The van der Waals surface area contributed by atoms with Crippen LogP contribution in [0.4, 0.5) is 0 Å². The van der Waals surface area contributed by atoms with E-state index in [0.717, 1.165) is 12.0 Å². The number of carbonyl (C=O) groups excluding carboxylic acids is 2. The average Bonchev–Trinajstić information content (AvgIpc) is 2.36. The zero-order valence-corrected chi connectivity index (χ0v) is 10.5. The third-order valence-electron chi connectivity index (χ3n) is 2.61. The summed E-state index contributed by atoms with van der Waals surface area (Å²) in [5, 5.41) is 2.73. The van der Waals surface area contributed by atoms with Gasteiger partial charge in [0.1, 0.15) is 0 Å². The van der Waals surface area contributed by atoms with Gasteiger partial charge in [-0.1, -0.05) is 25.5 Å². The van der Waals surface area contributed by atoms with Crippen molar-refractivity contribution in [2.75, 3.05) is 0 Å². The second-order valence-corrected chi connectivity index (χ2v) is 4.18. The first-order valence-corrected chi connectivity index (χ1v) is 5.96. The number of nitrogens with one attached hydrogen (secondary N) is 1. The van der Waals surface area contributed by atoms with Gasteiger partial charge in [-0.2, -0.15) is 0 Å². The van der Waals surface area contributed by atoms with E-state index < -0.39 is 11.9 Å². The molecule has 0 aliphatic carbocycles. The number of benzene rings is 1. The lowest BCUT2D eigenvalue weighted by molar-refractivity contribution is -0.122. The van der Waals surface area contributed by atoms with Crippen LogP contribution in [0.1, 0.15) is 35.7 Å². The first-order valence-electron chi connectivity index (χ1n) is 5.96. The van der Waals surface area contributed by atoms with E-state index in [9.17, 15) is 9.59 Å². The normalized spacial score (nSPS) is 11.9. The highest BCUT2D eigenvalue weighted by Crippen LogP contribution is 2.04. The summed E-state index contributed by atoms with van der Waals surface area (Å²) in [7, 11) is 0. The quantitative estimate of drug-likeness (QED) is 0.685. The summed E-state index contributed by atoms with van der Waals surface area (Å²) in [6.07, 6.45) is 1.53. The minimum Gasteiger partial charge on any atom is -0.366 e. The second-order valence-electron chi connectivity index (χ2n) is 4.18. The Hall–Kier alpha value is -1.88. The molecule has 1 aromatic carbocycles. The third-order valence-corrected chi connectivity index (χ3v) is 2.61. The van der Waals surface area contributed by atoms with E-state index in [1.54, 1.807) is 18.2 Å². The highest BCUT2D eigenvalue weighted by atomic mass is 16.2. The fourth-order valence-corrected chi connectivity index (χ4v) is 1.60. The van der Waals surface area contributed by atoms with Crippen LogP contribution in [0.2, 0.25) is 0 Å². The molecule has 0 radical (unpaired) electrons. The van der Waals surface area contributed by atoms with Crippen molar-refractivity contribution in [1.82, 2.24) is 5.32 Å². The maximum absolute atomic E-state index is 11.6. The van der Waals surface area contributed by atoms with Gasteiger partial charge in [0.2, 0.25) is 11.8 Å². The van der Waals surface area contributed by atoms with Gasteiger partial charge in [0.15, 0.2) is 0 Å². The molecule has 0 fully saturated rings. The molecule has 0 bridgehead atoms. The zero-order chi connectivity index (χ0) is 13.5. The van der Waals surface area contributed by atoms with E-state index in [0.29, 0.717) is 18.5 Å². The molecule has 0 unspecified atom stereocenters. The summed E-state index contributed by atoms with van der Waals surface area (Å²) in [4.78, 5) is 22.6. The Bertz CT molecular complexity index is 432. The first-order chi connectivity index (χ1) is 8.54. The Morgan fingerprint density at radius 1 is 1.39 bits per heavy atom. The summed E-state index contributed by atoms with van der Waals surface area (Å²) in [5.41, 5.74) is 12.1. The molecule has 2 amide bonds. The maximum Gasteiger partial charge on any atom is 0.248 e. The minimum atomic E-state index is -0.481. The van der Waals surface area contributed by atoms with Crippen molar-refractivity contribution in [3.05, 3.63) is 35.4 Å². The lowest BCUT2D eigenvalue weighted by Gasteiger charge is -2.11. The molecule has 1 atom stereocenters. The maximum atomic E-state index is 11.6. The van der Waals surface area contributed by atoms with Crippen LogP contribution in [0.15, 0.2) is 24.3 Å². The molecule has 0 aliphatic rings. The number of hydrogen-bond donors (Lipinski definition) is 3. The number of amides is 2. The van der Waals surface area contributed by atoms with Crippen LogP contribution in [-0.4, -0.2) is 17.9 Å². The van der Waals surface area contributed by atoms with Gasteiger partial charge in [-0.15, -0.1) is 0 Å². The molecular weight excluding hydrogens is 230 g/mol. The highest BCUT2D eigenvalue weighted by Gasteiger charge is 2.11. The average molecular weight is 249 g/mol. The van der Waals surface area contributed by atoms with Crippen LogP contribution in [0, 0.1) is 0 Å². The van der Waals surface area contributed by atoms with Gasteiger partial charge < -0.3 is 16.8 Å². The molecule has 5 heteroatoms. The lowest BCUT2D eigenvalue weighted by Crippen LogP contribution is -2.40. The lowest BCUT2D eigenvalue weighted by atomic mass is 10.1. The SMILES string of the molecule is CCC[C@@H](N)C(=O)NCc1cccc(C(N)=O)c1. The van der Waals surface area contributed by atoms with E-state index >= 15 is 0 Å². The van der Waals surface area contributed by atoms with Crippen molar-refractivity contribution in [2.45, 2.75) is 32.4 Å². The van der Waals surface area contributed by atoms with Crippen molar-refractivity contribution in [3.63, 3.8) is 0 Å². The third kappa shape index (κ3) is 4.18. The van der Waals surface area contributed by atoms with E-state index in [1.165, 1.54) is 0 Å². The standard InChI is InChI=1S/C13H19N3O2/c1-2-4-11(14)13(18)16-8-9-5-3-6-10(7-9)12(15)17/h3,5-7,11H,2,4,8,14H2,1H3,(H2,15,17)(H,16,18)/t11-/m1/s1. The number of carbonyl (C=O) groups is 2. The van der Waals surface area contributed by atoms with Gasteiger partial charge >= 0.3 is 0 Å². The van der Waals surface area contributed by atoms with Crippen LogP contribution in [-0.2, 0) is 11.3 Å². The van der Waals surface area contributed by atoms with Gasteiger partial charge in [-0.05, 0) is 24.1 Å². The number of hydrogen-bond acceptors (Lipinski definition) is 3. The summed E-state index contributed by atoms with van der Waals surface area (Å²) < 4.78 is 0.